The summed E-state index contributed by atoms with van der Waals surface area (Å²) in [6.07, 6.45) is -4.41. The number of rotatable bonds is 2. The van der Waals surface area contributed by atoms with Crippen molar-refractivity contribution in [3.8, 4) is 5.88 Å². The molecule has 0 atom stereocenters. The van der Waals surface area contributed by atoms with Crippen LogP contribution >= 0.6 is 0 Å². The van der Waals surface area contributed by atoms with Crippen molar-refractivity contribution in [1.29, 1.82) is 0 Å². The third-order valence-corrected chi connectivity index (χ3v) is 2.57. The molecule has 108 valence electrons. The van der Waals surface area contributed by atoms with Crippen molar-refractivity contribution in [3.05, 3.63) is 29.8 Å². The summed E-state index contributed by atoms with van der Waals surface area (Å²) in [5, 5.41) is 19.1. The number of nitrogens with zero attached hydrogens (tertiary/aromatic N) is 4. The van der Waals surface area contributed by atoms with Crippen LogP contribution in [0.2, 0.25) is 0 Å². The number of nitrogens with one attached hydrogen (secondary N) is 1. The van der Waals surface area contributed by atoms with E-state index in [0.29, 0.717) is 5.69 Å². The third kappa shape index (κ3) is 2.55. The zero-order valence-electron chi connectivity index (χ0n) is 10.1. The van der Waals surface area contributed by atoms with Gasteiger partial charge in [0.05, 0.1) is 5.56 Å². The number of aromatic nitrogens is 4. The first-order valence-electron chi connectivity index (χ1n) is 5.57. The molecule has 2 N–H and O–H groups in total. The zero-order chi connectivity index (χ0) is 15.0. The molecule has 0 saturated heterocycles. The lowest BCUT2D eigenvalue weighted by molar-refractivity contribution is -0.137. The second kappa shape index (κ2) is 4.58. The maximum absolute atomic E-state index is 12.4. The van der Waals surface area contributed by atoms with Gasteiger partial charge in [-0.2, -0.15) is 23.1 Å². The molecular formula is C11H6F3N5O2. The summed E-state index contributed by atoms with van der Waals surface area (Å²) < 4.78 is 41.7. The molecule has 0 bridgehead atoms. The molecule has 0 amide bonds. The van der Waals surface area contributed by atoms with Crippen molar-refractivity contribution < 1.29 is 22.9 Å². The lowest BCUT2D eigenvalue weighted by Gasteiger charge is -2.09. The summed E-state index contributed by atoms with van der Waals surface area (Å²) in [5.74, 6) is -0.545. The highest BCUT2D eigenvalue weighted by Gasteiger charge is 2.30. The zero-order valence-corrected chi connectivity index (χ0v) is 10.1. The SMILES string of the molecule is Oc1nc2nonc2nc1Nc1ccc(C(F)(F)F)cc1. The van der Waals surface area contributed by atoms with E-state index in [2.05, 4.69) is 30.2 Å². The number of hydrogen-bond acceptors (Lipinski definition) is 7. The maximum atomic E-state index is 12.4. The summed E-state index contributed by atoms with van der Waals surface area (Å²) >= 11 is 0. The predicted octanol–water partition coefficient (Wildman–Crippen LogP) is 2.48. The van der Waals surface area contributed by atoms with Gasteiger partial charge in [0.15, 0.2) is 5.82 Å². The van der Waals surface area contributed by atoms with E-state index in [1.54, 1.807) is 0 Å². The smallest absolute Gasteiger partial charge is 0.416 e. The second-order valence-corrected chi connectivity index (χ2v) is 4.01. The van der Waals surface area contributed by atoms with Crippen molar-refractivity contribution in [3.63, 3.8) is 0 Å². The number of aromatic hydroxyl groups is 1. The van der Waals surface area contributed by atoms with Crippen LogP contribution in [-0.2, 0) is 6.18 Å². The summed E-state index contributed by atoms with van der Waals surface area (Å²) in [7, 11) is 0. The molecule has 0 saturated carbocycles. The van der Waals surface area contributed by atoms with Gasteiger partial charge in [-0.3, -0.25) is 0 Å². The Morgan fingerprint density at radius 2 is 1.62 bits per heavy atom. The Balaban J connectivity index is 1.89. The molecule has 2 heterocycles. The number of fused-ring (bicyclic) bond motifs is 1. The Hall–Kier alpha value is -2.91. The Morgan fingerprint density at radius 3 is 2.24 bits per heavy atom. The van der Waals surface area contributed by atoms with E-state index in [-0.39, 0.29) is 17.1 Å². The molecule has 3 aromatic rings. The molecule has 7 nitrogen and oxygen atoms in total. The van der Waals surface area contributed by atoms with E-state index in [1.807, 2.05) is 0 Å². The predicted molar refractivity (Wildman–Crippen MR) is 63.8 cm³/mol. The fraction of sp³-hybridized carbons (Fsp3) is 0.0909. The monoisotopic (exact) mass is 297 g/mol. The maximum Gasteiger partial charge on any atom is 0.416 e. The standard InChI is InChI=1S/C11H6F3N5O2/c12-11(13,14)5-1-3-6(4-2-5)15-9-10(20)17-8-7(16-9)18-21-19-8/h1-4H,(H,15,16,18)(H,17,19,20). The van der Waals surface area contributed by atoms with E-state index in [9.17, 15) is 18.3 Å². The van der Waals surface area contributed by atoms with Gasteiger partial charge < -0.3 is 10.4 Å². The van der Waals surface area contributed by atoms with E-state index in [1.165, 1.54) is 12.1 Å². The number of halogens is 3. The average Bonchev–Trinajstić information content (AvgIpc) is 2.86. The molecule has 1 aromatic carbocycles. The molecule has 0 unspecified atom stereocenters. The lowest BCUT2D eigenvalue weighted by atomic mass is 10.2. The average molecular weight is 297 g/mol. The lowest BCUT2D eigenvalue weighted by Crippen LogP contribution is -2.04. The highest BCUT2D eigenvalue weighted by atomic mass is 19.4. The summed E-state index contributed by atoms with van der Waals surface area (Å²) in [4.78, 5) is 7.56. The molecule has 10 heteroatoms. The highest BCUT2D eigenvalue weighted by Crippen LogP contribution is 2.31. The molecule has 2 aromatic heterocycles. The fourth-order valence-electron chi connectivity index (χ4n) is 1.59. The molecule has 0 aliphatic carbocycles. The third-order valence-electron chi connectivity index (χ3n) is 2.57. The molecule has 21 heavy (non-hydrogen) atoms. The van der Waals surface area contributed by atoms with Crippen molar-refractivity contribution in [2.75, 3.05) is 5.32 Å². The highest BCUT2D eigenvalue weighted by molar-refractivity contribution is 5.70. The van der Waals surface area contributed by atoms with Crippen LogP contribution in [0, 0.1) is 0 Å². The van der Waals surface area contributed by atoms with Crippen molar-refractivity contribution in [2.45, 2.75) is 6.18 Å². The topological polar surface area (TPSA) is 97.0 Å². The Morgan fingerprint density at radius 1 is 1.00 bits per heavy atom. The van der Waals surface area contributed by atoms with Gasteiger partial charge in [-0.1, -0.05) is 0 Å². The largest absolute Gasteiger partial charge is 0.491 e. The van der Waals surface area contributed by atoms with Gasteiger partial charge in [0.25, 0.3) is 5.88 Å². The van der Waals surface area contributed by atoms with Crippen LogP contribution in [0.1, 0.15) is 5.56 Å². The summed E-state index contributed by atoms with van der Waals surface area (Å²) in [6, 6.07) is 4.22. The molecule has 0 spiro atoms. The van der Waals surface area contributed by atoms with Gasteiger partial charge in [0, 0.05) is 5.69 Å². The van der Waals surface area contributed by atoms with Crippen LogP contribution in [-0.4, -0.2) is 25.4 Å². The molecule has 0 aliphatic rings. The quantitative estimate of drug-likeness (QED) is 0.750. The van der Waals surface area contributed by atoms with Gasteiger partial charge in [-0.05, 0) is 34.6 Å². The van der Waals surface area contributed by atoms with Crippen LogP contribution in [0.25, 0.3) is 11.3 Å². The molecular weight excluding hydrogens is 291 g/mol. The number of alkyl halides is 3. The fourth-order valence-corrected chi connectivity index (χ4v) is 1.59. The summed E-state index contributed by atoms with van der Waals surface area (Å²) in [5.41, 5.74) is -0.407. The normalized spacial score (nSPS) is 11.8. The van der Waals surface area contributed by atoms with Crippen LogP contribution in [0.4, 0.5) is 24.7 Å². The van der Waals surface area contributed by atoms with Crippen molar-refractivity contribution in [2.24, 2.45) is 0 Å². The van der Waals surface area contributed by atoms with E-state index >= 15 is 0 Å². The van der Waals surface area contributed by atoms with Gasteiger partial charge in [-0.25, -0.2) is 4.63 Å². The van der Waals surface area contributed by atoms with Crippen LogP contribution in [0.5, 0.6) is 5.88 Å². The van der Waals surface area contributed by atoms with Gasteiger partial charge >= 0.3 is 6.18 Å². The van der Waals surface area contributed by atoms with Crippen LogP contribution in [0.3, 0.4) is 0 Å². The minimum atomic E-state index is -4.41. The Labute approximate surface area is 114 Å². The molecule has 0 fully saturated rings. The minimum absolute atomic E-state index is 0.0190. The minimum Gasteiger partial charge on any atom is -0.491 e. The van der Waals surface area contributed by atoms with E-state index in [0.717, 1.165) is 12.1 Å². The Bertz CT molecular complexity index is 785. The molecule has 0 radical (unpaired) electrons. The first-order valence-corrected chi connectivity index (χ1v) is 5.57. The number of anilines is 2. The van der Waals surface area contributed by atoms with Crippen LogP contribution in [0.15, 0.2) is 28.9 Å². The summed E-state index contributed by atoms with van der Waals surface area (Å²) in [6.45, 7) is 0. The van der Waals surface area contributed by atoms with Gasteiger partial charge in [0.1, 0.15) is 0 Å². The van der Waals surface area contributed by atoms with Crippen LogP contribution < -0.4 is 5.32 Å². The molecule has 3 rings (SSSR count). The number of hydrogen-bond donors (Lipinski definition) is 2. The number of benzene rings is 1. The first kappa shape index (κ1) is 13.1. The van der Waals surface area contributed by atoms with E-state index in [4.69, 9.17) is 0 Å². The van der Waals surface area contributed by atoms with E-state index < -0.39 is 17.6 Å². The van der Waals surface area contributed by atoms with Crippen molar-refractivity contribution >= 4 is 22.8 Å². The molecule has 0 aliphatic heterocycles. The van der Waals surface area contributed by atoms with Gasteiger partial charge in [-0.15, -0.1) is 0 Å². The van der Waals surface area contributed by atoms with Gasteiger partial charge in [0.2, 0.25) is 11.3 Å². The van der Waals surface area contributed by atoms with Crippen molar-refractivity contribution in [1.82, 2.24) is 20.3 Å². The Kier molecular flexibility index (Phi) is 2.85. The first-order chi connectivity index (χ1) is 9.93. The second-order valence-electron chi connectivity index (χ2n) is 4.01.